The summed E-state index contributed by atoms with van der Waals surface area (Å²) in [5.41, 5.74) is 1.90. The molecule has 7 heteroatoms. The van der Waals surface area contributed by atoms with Crippen molar-refractivity contribution in [2.75, 3.05) is 43.4 Å². The molecule has 0 spiro atoms. The smallest absolute Gasteiger partial charge is 0.230 e. The number of carbonyl (C=O) groups excluding carboxylic acids is 1. The molecule has 7 nitrogen and oxygen atoms in total. The lowest BCUT2D eigenvalue weighted by atomic mass is 10.2. The monoisotopic (exact) mass is 326 g/mol. The Morgan fingerprint density at radius 1 is 1.17 bits per heavy atom. The summed E-state index contributed by atoms with van der Waals surface area (Å²) in [4.78, 5) is 29.2. The first-order valence-electron chi connectivity index (χ1n) is 8.07. The number of hydrogen-bond acceptors (Lipinski definition) is 6. The van der Waals surface area contributed by atoms with Gasteiger partial charge in [0, 0.05) is 38.6 Å². The van der Waals surface area contributed by atoms with E-state index in [4.69, 9.17) is 0 Å². The molecule has 1 fully saturated rings. The molecule has 0 atom stereocenters. The van der Waals surface area contributed by atoms with Crippen molar-refractivity contribution in [2.24, 2.45) is 0 Å². The lowest BCUT2D eigenvalue weighted by Gasteiger charge is -2.34. The summed E-state index contributed by atoms with van der Waals surface area (Å²) in [6.07, 6.45) is 4.97. The van der Waals surface area contributed by atoms with Crippen LogP contribution in [0.2, 0.25) is 0 Å². The molecular formula is C17H22N6O. The van der Waals surface area contributed by atoms with Gasteiger partial charge in [-0.05, 0) is 31.2 Å². The van der Waals surface area contributed by atoms with Gasteiger partial charge in [-0.15, -0.1) is 0 Å². The highest BCUT2D eigenvalue weighted by molar-refractivity contribution is 5.91. The second kappa shape index (κ2) is 7.35. The van der Waals surface area contributed by atoms with Crippen molar-refractivity contribution < 1.29 is 4.79 Å². The van der Waals surface area contributed by atoms with E-state index in [1.807, 2.05) is 19.1 Å². The average Bonchev–Trinajstić information content (AvgIpc) is 2.58. The van der Waals surface area contributed by atoms with Crippen LogP contribution in [0.1, 0.15) is 11.1 Å². The third kappa shape index (κ3) is 4.05. The number of likely N-dealkylation sites (N-methyl/N-ethyl adjacent to an activating group) is 1. The zero-order valence-corrected chi connectivity index (χ0v) is 14.1. The molecule has 0 aromatic carbocycles. The molecule has 2 aromatic rings. The SMILES string of the molecule is Cc1ccc(NC(=O)Cc2cncnc2)nc1N1CCN(C)CC1. The van der Waals surface area contributed by atoms with E-state index in [0.717, 1.165) is 43.1 Å². The molecule has 24 heavy (non-hydrogen) atoms. The maximum absolute atomic E-state index is 12.2. The molecule has 2 aromatic heterocycles. The Labute approximate surface area is 141 Å². The molecule has 0 radical (unpaired) electrons. The number of amides is 1. The van der Waals surface area contributed by atoms with Crippen LogP contribution in [0.4, 0.5) is 11.6 Å². The van der Waals surface area contributed by atoms with Crippen LogP contribution in [-0.2, 0) is 11.2 Å². The number of aromatic nitrogens is 3. The van der Waals surface area contributed by atoms with Gasteiger partial charge < -0.3 is 15.1 Å². The van der Waals surface area contributed by atoms with E-state index in [-0.39, 0.29) is 12.3 Å². The number of carbonyl (C=O) groups is 1. The Morgan fingerprint density at radius 3 is 2.58 bits per heavy atom. The van der Waals surface area contributed by atoms with Gasteiger partial charge in [-0.2, -0.15) is 0 Å². The molecule has 1 aliphatic heterocycles. The molecule has 1 aliphatic rings. The van der Waals surface area contributed by atoms with Crippen LogP contribution >= 0.6 is 0 Å². The zero-order valence-electron chi connectivity index (χ0n) is 14.1. The Bertz CT molecular complexity index is 697. The molecule has 0 unspecified atom stereocenters. The quantitative estimate of drug-likeness (QED) is 0.907. The van der Waals surface area contributed by atoms with Crippen LogP contribution in [0.15, 0.2) is 30.9 Å². The summed E-state index contributed by atoms with van der Waals surface area (Å²) < 4.78 is 0. The summed E-state index contributed by atoms with van der Waals surface area (Å²) >= 11 is 0. The van der Waals surface area contributed by atoms with E-state index < -0.39 is 0 Å². The standard InChI is InChI=1S/C17H22N6O/c1-13-3-4-15(20-16(24)9-14-10-18-12-19-11-14)21-17(13)23-7-5-22(2)6-8-23/h3-4,10-12H,5-9H2,1-2H3,(H,20,21,24). The number of rotatable bonds is 4. The van der Waals surface area contributed by atoms with E-state index in [2.05, 4.69) is 37.1 Å². The molecule has 3 rings (SSSR count). The van der Waals surface area contributed by atoms with E-state index in [9.17, 15) is 4.79 Å². The fourth-order valence-corrected chi connectivity index (χ4v) is 2.72. The third-order valence-corrected chi connectivity index (χ3v) is 4.12. The molecule has 1 N–H and O–H groups in total. The van der Waals surface area contributed by atoms with Crippen LogP contribution in [-0.4, -0.2) is 59.0 Å². The van der Waals surface area contributed by atoms with Crippen molar-refractivity contribution >= 4 is 17.5 Å². The van der Waals surface area contributed by atoms with Crippen molar-refractivity contribution in [3.05, 3.63) is 42.0 Å². The summed E-state index contributed by atoms with van der Waals surface area (Å²) in [6, 6.07) is 3.84. The first kappa shape index (κ1) is 16.3. The van der Waals surface area contributed by atoms with E-state index in [0.29, 0.717) is 5.82 Å². The summed E-state index contributed by atoms with van der Waals surface area (Å²) in [5, 5.41) is 2.86. The maximum Gasteiger partial charge on any atom is 0.230 e. The highest BCUT2D eigenvalue weighted by Crippen LogP contribution is 2.21. The molecule has 0 aliphatic carbocycles. The summed E-state index contributed by atoms with van der Waals surface area (Å²) in [5.74, 6) is 1.41. The predicted molar refractivity (Wildman–Crippen MR) is 93.0 cm³/mol. The van der Waals surface area contributed by atoms with Gasteiger partial charge >= 0.3 is 0 Å². The van der Waals surface area contributed by atoms with Gasteiger partial charge in [0.15, 0.2) is 0 Å². The van der Waals surface area contributed by atoms with E-state index in [1.165, 1.54) is 6.33 Å². The maximum atomic E-state index is 12.2. The van der Waals surface area contributed by atoms with Gasteiger partial charge in [0.25, 0.3) is 0 Å². The Morgan fingerprint density at radius 2 is 1.88 bits per heavy atom. The van der Waals surface area contributed by atoms with Crippen molar-refractivity contribution in [2.45, 2.75) is 13.3 Å². The van der Waals surface area contributed by atoms with Gasteiger partial charge in [0.05, 0.1) is 6.42 Å². The molecule has 3 heterocycles. The van der Waals surface area contributed by atoms with E-state index >= 15 is 0 Å². The van der Waals surface area contributed by atoms with Crippen molar-refractivity contribution in [1.82, 2.24) is 19.9 Å². The third-order valence-electron chi connectivity index (χ3n) is 4.12. The van der Waals surface area contributed by atoms with Crippen LogP contribution in [0.3, 0.4) is 0 Å². The first-order valence-corrected chi connectivity index (χ1v) is 8.07. The van der Waals surface area contributed by atoms with Crippen molar-refractivity contribution in [3.8, 4) is 0 Å². The molecule has 126 valence electrons. The second-order valence-electron chi connectivity index (χ2n) is 6.10. The van der Waals surface area contributed by atoms with Crippen LogP contribution in [0.5, 0.6) is 0 Å². The van der Waals surface area contributed by atoms with Crippen LogP contribution in [0, 0.1) is 6.92 Å². The van der Waals surface area contributed by atoms with Gasteiger partial charge in [0.1, 0.15) is 18.0 Å². The van der Waals surface area contributed by atoms with Gasteiger partial charge in [-0.3, -0.25) is 4.79 Å². The number of hydrogen-bond donors (Lipinski definition) is 1. The Hall–Kier alpha value is -2.54. The highest BCUT2D eigenvalue weighted by Gasteiger charge is 2.17. The highest BCUT2D eigenvalue weighted by atomic mass is 16.1. The Kier molecular flexibility index (Phi) is 5.00. The number of nitrogens with zero attached hydrogens (tertiary/aromatic N) is 5. The van der Waals surface area contributed by atoms with Gasteiger partial charge in [-0.1, -0.05) is 6.07 Å². The normalized spacial score (nSPS) is 15.3. The molecule has 1 saturated heterocycles. The van der Waals surface area contributed by atoms with Crippen molar-refractivity contribution in [3.63, 3.8) is 0 Å². The number of nitrogens with one attached hydrogen (secondary N) is 1. The van der Waals surface area contributed by atoms with Gasteiger partial charge in [-0.25, -0.2) is 15.0 Å². The molecule has 0 bridgehead atoms. The fourth-order valence-electron chi connectivity index (χ4n) is 2.72. The van der Waals surface area contributed by atoms with Gasteiger partial charge in [0.2, 0.25) is 5.91 Å². The van der Waals surface area contributed by atoms with Crippen LogP contribution < -0.4 is 10.2 Å². The lowest BCUT2D eigenvalue weighted by Crippen LogP contribution is -2.45. The topological polar surface area (TPSA) is 74.2 Å². The number of anilines is 2. The number of aryl methyl sites for hydroxylation is 1. The minimum atomic E-state index is -0.120. The largest absolute Gasteiger partial charge is 0.354 e. The number of pyridine rings is 1. The van der Waals surface area contributed by atoms with Crippen molar-refractivity contribution in [1.29, 1.82) is 0 Å². The first-order chi connectivity index (χ1) is 11.6. The molecule has 0 saturated carbocycles. The van der Waals surface area contributed by atoms with E-state index in [1.54, 1.807) is 12.4 Å². The second-order valence-corrected chi connectivity index (χ2v) is 6.10. The summed E-state index contributed by atoms with van der Waals surface area (Å²) in [7, 11) is 2.13. The van der Waals surface area contributed by atoms with Crippen LogP contribution in [0.25, 0.3) is 0 Å². The minimum Gasteiger partial charge on any atom is -0.354 e. The average molecular weight is 326 g/mol. The molecule has 1 amide bonds. The number of piperazine rings is 1. The fraction of sp³-hybridized carbons (Fsp3) is 0.412. The molecular weight excluding hydrogens is 304 g/mol. The zero-order chi connectivity index (χ0) is 16.9. The predicted octanol–water partition coefficient (Wildman–Crippen LogP) is 1.11. The summed E-state index contributed by atoms with van der Waals surface area (Å²) in [6.45, 7) is 5.98. The Balaban J connectivity index is 1.68. The minimum absolute atomic E-state index is 0.120. The lowest BCUT2D eigenvalue weighted by molar-refractivity contribution is -0.115.